The van der Waals surface area contributed by atoms with Crippen LogP contribution in [0.5, 0.6) is 11.5 Å². The average Bonchev–Trinajstić information content (AvgIpc) is 2.71. The fourth-order valence-corrected chi connectivity index (χ4v) is 3.51. The average molecular weight is 374 g/mol. The summed E-state index contributed by atoms with van der Waals surface area (Å²) in [7, 11) is 0. The molecule has 27 heavy (non-hydrogen) atoms. The number of allylic oxidation sites excluding steroid dienone is 2. The van der Waals surface area contributed by atoms with Gasteiger partial charge in [-0.25, -0.2) is 0 Å². The van der Waals surface area contributed by atoms with E-state index in [1.165, 1.54) is 0 Å². The molecule has 0 bridgehead atoms. The standard InChI is InChI=1S/C21H30N2O4/c1-3-26-19-15-18(23-10-12-25-13-11-23)20(27-4-2)14-17(19)22-21(24)16-8-6-5-7-9-16/h5-6,14-16H,3-4,7-13H2,1-2H3,(H,22,24). The number of carbonyl (C=O) groups excluding carboxylic acids is 1. The lowest BCUT2D eigenvalue weighted by molar-refractivity contribution is -0.120. The van der Waals surface area contributed by atoms with Crippen LogP contribution < -0.4 is 19.7 Å². The van der Waals surface area contributed by atoms with Gasteiger partial charge in [0.15, 0.2) is 0 Å². The number of carbonyl (C=O) groups is 1. The van der Waals surface area contributed by atoms with Crippen LogP contribution in [-0.4, -0.2) is 45.4 Å². The SMILES string of the molecule is CCOc1cc(N2CCOCC2)c(OCC)cc1NC(=O)C1CC=CCC1. The van der Waals surface area contributed by atoms with Gasteiger partial charge in [0.05, 0.1) is 37.8 Å². The summed E-state index contributed by atoms with van der Waals surface area (Å²) in [6.07, 6.45) is 6.86. The van der Waals surface area contributed by atoms with Crippen LogP contribution in [0.15, 0.2) is 24.3 Å². The summed E-state index contributed by atoms with van der Waals surface area (Å²) in [5.41, 5.74) is 1.67. The predicted octanol–water partition coefficient (Wildman–Crippen LogP) is 3.62. The molecule has 3 rings (SSSR count). The Morgan fingerprint density at radius 1 is 1.15 bits per heavy atom. The highest BCUT2D eigenvalue weighted by molar-refractivity contribution is 5.95. The van der Waals surface area contributed by atoms with E-state index in [-0.39, 0.29) is 11.8 Å². The lowest BCUT2D eigenvalue weighted by atomic mass is 9.93. The smallest absolute Gasteiger partial charge is 0.227 e. The molecule has 148 valence electrons. The number of rotatable bonds is 7. The van der Waals surface area contributed by atoms with E-state index in [9.17, 15) is 4.79 Å². The van der Waals surface area contributed by atoms with E-state index >= 15 is 0 Å². The zero-order valence-electron chi connectivity index (χ0n) is 16.3. The van der Waals surface area contributed by atoms with Gasteiger partial charge >= 0.3 is 0 Å². The molecule has 6 nitrogen and oxygen atoms in total. The van der Waals surface area contributed by atoms with Gasteiger partial charge in [-0.2, -0.15) is 0 Å². The van der Waals surface area contributed by atoms with Gasteiger partial charge in [0.25, 0.3) is 0 Å². The molecule has 1 aromatic rings. The van der Waals surface area contributed by atoms with Crippen LogP contribution in [-0.2, 0) is 9.53 Å². The molecule has 0 radical (unpaired) electrons. The number of benzene rings is 1. The maximum atomic E-state index is 12.7. The molecule has 0 aromatic heterocycles. The van der Waals surface area contributed by atoms with Gasteiger partial charge in [-0.3, -0.25) is 4.79 Å². The topological polar surface area (TPSA) is 60.0 Å². The number of anilines is 2. The molecule has 1 amide bonds. The van der Waals surface area contributed by atoms with Gasteiger partial charge in [-0.05, 0) is 33.1 Å². The molecule has 1 aromatic carbocycles. The molecular formula is C21H30N2O4. The van der Waals surface area contributed by atoms with Crippen molar-refractivity contribution < 1.29 is 19.0 Å². The molecule has 1 aliphatic carbocycles. The summed E-state index contributed by atoms with van der Waals surface area (Å²) >= 11 is 0. The normalized spacial score (nSPS) is 19.6. The second-order valence-electron chi connectivity index (χ2n) is 6.75. The fraction of sp³-hybridized carbons (Fsp3) is 0.571. The molecule has 6 heteroatoms. The fourth-order valence-electron chi connectivity index (χ4n) is 3.51. The molecule has 0 spiro atoms. The quantitative estimate of drug-likeness (QED) is 0.739. The predicted molar refractivity (Wildman–Crippen MR) is 107 cm³/mol. The number of amides is 1. The van der Waals surface area contributed by atoms with Crippen LogP contribution in [0.4, 0.5) is 11.4 Å². The summed E-state index contributed by atoms with van der Waals surface area (Å²) in [6, 6.07) is 3.88. The van der Waals surface area contributed by atoms with Crippen molar-refractivity contribution in [3.8, 4) is 11.5 Å². The van der Waals surface area contributed by atoms with Gasteiger partial charge in [0.2, 0.25) is 5.91 Å². The van der Waals surface area contributed by atoms with Crippen LogP contribution in [0.1, 0.15) is 33.1 Å². The Bertz CT molecular complexity index is 668. The minimum atomic E-state index is 0.0129. The largest absolute Gasteiger partial charge is 0.492 e. The second kappa shape index (κ2) is 9.65. The number of hydrogen-bond donors (Lipinski definition) is 1. The molecular weight excluding hydrogens is 344 g/mol. The van der Waals surface area contributed by atoms with Crippen LogP contribution in [0.25, 0.3) is 0 Å². The van der Waals surface area contributed by atoms with Crippen molar-refractivity contribution in [1.29, 1.82) is 0 Å². The van der Waals surface area contributed by atoms with Gasteiger partial charge in [-0.1, -0.05) is 12.2 Å². The zero-order chi connectivity index (χ0) is 19.1. The monoisotopic (exact) mass is 374 g/mol. The van der Waals surface area contributed by atoms with Crippen molar-refractivity contribution in [3.05, 3.63) is 24.3 Å². The van der Waals surface area contributed by atoms with E-state index in [2.05, 4.69) is 22.4 Å². The number of nitrogens with zero attached hydrogens (tertiary/aromatic N) is 1. The van der Waals surface area contributed by atoms with Gasteiger partial charge in [0, 0.05) is 31.1 Å². The summed E-state index contributed by atoms with van der Waals surface area (Å²) in [5.74, 6) is 1.50. The first-order valence-corrected chi connectivity index (χ1v) is 9.95. The Labute approximate surface area is 161 Å². The first-order chi connectivity index (χ1) is 13.2. The van der Waals surface area contributed by atoms with E-state index in [1.54, 1.807) is 0 Å². The molecule has 1 heterocycles. The van der Waals surface area contributed by atoms with E-state index in [1.807, 2.05) is 26.0 Å². The van der Waals surface area contributed by atoms with Crippen molar-refractivity contribution in [2.45, 2.75) is 33.1 Å². The molecule has 0 saturated carbocycles. The second-order valence-corrected chi connectivity index (χ2v) is 6.75. The van der Waals surface area contributed by atoms with Crippen molar-refractivity contribution in [2.24, 2.45) is 5.92 Å². The Morgan fingerprint density at radius 3 is 2.56 bits per heavy atom. The van der Waals surface area contributed by atoms with Gasteiger partial charge in [-0.15, -0.1) is 0 Å². The molecule has 1 unspecified atom stereocenters. The van der Waals surface area contributed by atoms with Crippen molar-refractivity contribution >= 4 is 17.3 Å². The number of morpholine rings is 1. The third-order valence-corrected chi connectivity index (χ3v) is 4.91. The highest BCUT2D eigenvalue weighted by Crippen LogP contribution is 2.39. The minimum absolute atomic E-state index is 0.0129. The lowest BCUT2D eigenvalue weighted by Crippen LogP contribution is -2.36. The van der Waals surface area contributed by atoms with Crippen LogP contribution in [0.2, 0.25) is 0 Å². The third-order valence-electron chi connectivity index (χ3n) is 4.91. The summed E-state index contributed by atoms with van der Waals surface area (Å²) in [4.78, 5) is 15.0. The highest BCUT2D eigenvalue weighted by atomic mass is 16.5. The first kappa shape index (κ1) is 19.5. The third kappa shape index (κ3) is 4.95. The Kier molecular flexibility index (Phi) is 6.98. The van der Waals surface area contributed by atoms with Crippen molar-refractivity contribution in [3.63, 3.8) is 0 Å². The van der Waals surface area contributed by atoms with Gasteiger partial charge in [0.1, 0.15) is 11.5 Å². The Hall–Kier alpha value is -2.21. The minimum Gasteiger partial charge on any atom is -0.492 e. The maximum absolute atomic E-state index is 12.7. The van der Waals surface area contributed by atoms with E-state index in [0.29, 0.717) is 37.9 Å². The summed E-state index contributed by atoms with van der Waals surface area (Å²) in [5, 5.41) is 3.07. The lowest BCUT2D eigenvalue weighted by Gasteiger charge is -2.31. The molecule has 1 N–H and O–H groups in total. The van der Waals surface area contributed by atoms with Crippen LogP contribution >= 0.6 is 0 Å². The van der Waals surface area contributed by atoms with Crippen molar-refractivity contribution in [2.75, 3.05) is 49.7 Å². The van der Waals surface area contributed by atoms with E-state index < -0.39 is 0 Å². The van der Waals surface area contributed by atoms with E-state index in [4.69, 9.17) is 14.2 Å². The number of nitrogens with one attached hydrogen (secondary N) is 1. The number of ether oxygens (including phenoxy) is 3. The maximum Gasteiger partial charge on any atom is 0.227 e. The Morgan fingerprint density at radius 2 is 1.89 bits per heavy atom. The zero-order valence-corrected chi connectivity index (χ0v) is 16.3. The van der Waals surface area contributed by atoms with Crippen LogP contribution in [0, 0.1) is 5.92 Å². The molecule has 1 aliphatic heterocycles. The molecule has 2 aliphatic rings. The molecule has 1 saturated heterocycles. The highest BCUT2D eigenvalue weighted by Gasteiger charge is 2.23. The number of hydrogen-bond acceptors (Lipinski definition) is 5. The van der Waals surface area contributed by atoms with Crippen molar-refractivity contribution in [1.82, 2.24) is 0 Å². The van der Waals surface area contributed by atoms with Gasteiger partial charge < -0.3 is 24.4 Å². The van der Waals surface area contributed by atoms with Crippen LogP contribution in [0.3, 0.4) is 0 Å². The Balaban J connectivity index is 1.87. The summed E-state index contributed by atoms with van der Waals surface area (Å²) in [6.45, 7) is 8.02. The first-order valence-electron chi connectivity index (χ1n) is 9.95. The molecule has 1 fully saturated rings. The molecule has 1 atom stereocenters. The summed E-state index contributed by atoms with van der Waals surface area (Å²) < 4.78 is 17.2. The van der Waals surface area contributed by atoms with E-state index in [0.717, 1.165) is 43.8 Å².